The van der Waals surface area contributed by atoms with Gasteiger partial charge >= 0.3 is 0 Å². The highest BCUT2D eigenvalue weighted by Gasteiger charge is 3.21. The quantitative estimate of drug-likeness (QED) is 0.462. The van der Waals surface area contributed by atoms with Crippen LogP contribution in [0.5, 0.6) is 0 Å². The van der Waals surface area contributed by atoms with E-state index < -0.39 is 0 Å². The lowest BCUT2D eigenvalue weighted by Gasteiger charge is -2.93. The van der Waals surface area contributed by atoms with E-state index in [0.29, 0.717) is 0 Å². The van der Waals surface area contributed by atoms with E-state index in [2.05, 4.69) is 0 Å². The zero-order chi connectivity index (χ0) is 20.7. The number of fused-ring (bicyclic) bond motifs is 37. The van der Waals surface area contributed by atoms with Gasteiger partial charge in [-0.15, -0.1) is 0 Å². The van der Waals surface area contributed by atoms with Gasteiger partial charge in [0.25, 0.3) is 0 Å². The van der Waals surface area contributed by atoms with Crippen molar-refractivity contribution in [2.24, 2.45) is 199 Å². The summed E-state index contributed by atoms with van der Waals surface area (Å²) in [7, 11) is 0. The van der Waals surface area contributed by atoms with E-state index in [-0.39, 0.29) is 0 Å². The van der Waals surface area contributed by atoms with Crippen LogP contribution in [-0.4, -0.2) is 0 Å². The molecule has 0 aliphatic heterocycles. The molecule has 178 valence electrons. The average molecular weight is 467 g/mol. The Balaban J connectivity index is 0.664. The van der Waals surface area contributed by atoms with E-state index >= 15 is 0 Å². The molecule has 0 amide bonds. The van der Waals surface area contributed by atoms with Crippen LogP contribution >= 0.6 is 0 Å². The summed E-state index contributed by atoms with van der Waals surface area (Å²) >= 11 is 0. The van der Waals surface area contributed by atoms with Crippen molar-refractivity contribution in [2.45, 2.75) is 12.8 Å². The third kappa shape index (κ3) is 0.676. The third-order valence-corrected chi connectivity index (χ3v) is 24.6. The molecule has 0 radical (unpaired) electrons. The van der Waals surface area contributed by atoms with E-state index in [4.69, 9.17) is 0 Å². The van der Waals surface area contributed by atoms with Gasteiger partial charge in [-0.2, -0.15) is 0 Å². The Kier molecular flexibility index (Phi) is 1.22. The molecule has 34 atom stereocenters. The van der Waals surface area contributed by atoms with Crippen LogP contribution in [0.3, 0.4) is 0 Å². The monoisotopic (exact) mass is 466 g/mol. The lowest BCUT2D eigenvalue weighted by atomic mass is 9.11. The fourth-order valence-corrected chi connectivity index (χ4v) is 25.8. The fraction of sp³-hybridized carbons (Fsp3) is 1.00. The molecule has 20 rings (SSSR count). The van der Waals surface area contributed by atoms with Gasteiger partial charge in [-0.25, -0.2) is 0 Å². The van der Waals surface area contributed by atoms with Gasteiger partial charge in [-0.1, -0.05) is 0 Å². The van der Waals surface area contributed by atoms with Crippen molar-refractivity contribution in [3.8, 4) is 0 Å². The molecule has 0 nitrogen and oxygen atoms in total. The second-order valence-electron chi connectivity index (χ2n) is 21.3. The summed E-state index contributed by atoms with van der Waals surface area (Å²) < 4.78 is 0. The molecule has 0 aromatic rings. The predicted octanol–water partition coefficient (Wildman–Crippen LogP) is 4.47. The maximum absolute atomic E-state index is 1.71. The largest absolute Gasteiger partial charge is 0.0465 e. The maximum Gasteiger partial charge on any atom is -0.0124 e. The van der Waals surface area contributed by atoms with Crippen molar-refractivity contribution in [1.29, 1.82) is 0 Å². The van der Waals surface area contributed by atoms with Crippen LogP contribution < -0.4 is 0 Å². The first-order valence-electron chi connectivity index (χ1n) is 17.9. The second-order valence-corrected chi connectivity index (χ2v) is 21.3. The molecule has 20 fully saturated rings. The number of hydrogen-bond acceptors (Lipinski definition) is 0. The Morgan fingerprint density at radius 2 is 0.667 bits per heavy atom. The molecule has 0 saturated heterocycles. The van der Waals surface area contributed by atoms with Crippen LogP contribution in [0.25, 0.3) is 0 Å². The van der Waals surface area contributed by atoms with Gasteiger partial charge in [0.15, 0.2) is 0 Å². The van der Waals surface area contributed by atoms with Crippen LogP contribution in [0.2, 0.25) is 0 Å². The molecule has 0 aromatic carbocycles. The minimum atomic E-state index is 1.09. The molecule has 0 heterocycles. The van der Waals surface area contributed by atoms with E-state index in [1.807, 2.05) is 0 Å². The maximum atomic E-state index is 1.71. The Morgan fingerprint density at radius 3 is 1.19 bits per heavy atom. The second kappa shape index (κ2) is 3.01. The van der Waals surface area contributed by atoms with Crippen molar-refractivity contribution in [3.63, 3.8) is 0 Å². The molecule has 20 aliphatic carbocycles. The van der Waals surface area contributed by atoms with Crippen LogP contribution in [-0.2, 0) is 0 Å². The fourth-order valence-electron chi connectivity index (χ4n) is 25.8. The Bertz CT molecular complexity index is 1590. The van der Waals surface area contributed by atoms with Crippen LogP contribution in [0.1, 0.15) is 12.8 Å². The van der Waals surface area contributed by atoms with Crippen molar-refractivity contribution >= 4 is 0 Å². The summed E-state index contributed by atoms with van der Waals surface area (Å²) in [5.41, 5.74) is 4.37. The van der Waals surface area contributed by atoms with Crippen molar-refractivity contribution in [2.75, 3.05) is 0 Å². The molecule has 20 saturated carbocycles. The smallest absolute Gasteiger partial charge is 0.0124 e. The molecule has 0 bridgehead atoms. The molecule has 0 heteroatoms. The van der Waals surface area contributed by atoms with Crippen molar-refractivity contribution < 1.29 is 0 Å². The molecule has 36 heavy (non-hydrogen) atoms. The lowest BCUT2D eigenvalue weighted by molar-refractivity contribution is -0.467. The van der Waals surface area contributed by atoms with Gasteiger partial charge in [0, 0.05) is 0 Å². The highest BCUT2D eigenvalue weighted by molar-refractivity contribution is 5.67. The molecule has 4 spiro atoms. The molecule has 20 aliphatic rings. The summed E-state index contributed by atoms with van der Waals surface area (Å²) in [6.45, 7) is 0. The van der Waals surface area contributed by atoms with Gasteiger partial charge in [0.1, 0.15) is 0 Å². The standard InChI is InChI=1S/C36H34/c1-3-4(1)8-7(3)9-10(8)14-11(9)17-20(14)27-24(17)31-35(27)32-25-19-13-15-12(16(13)22(19)28(25)36(31,32)35)18-21(15)26-23(18)30-33-6-2-5(6)29(33)34(26,30)33/h3-32H,1-2H2. The molecule has 0 N–H and O–H groups in total. The minimum Gasteiger partial charge on any atom is -0.0465 e. The predicted molar refractivity (Wildman–Crippen MR) is 124 cm³/mol. The zero-order valence-corrected chi connectivity index (χ0v) is 20.7. The highest BCUT2D eigenvalue weighted by atomic mass is 15.2. The van der Waals surface area contributed by atoms with E-state index in [0.717, 1.165) is 21.7 Å². The summed E-state index contributed by atoms with van der Waals surface area (Å²) in [4.78, 5) is 0. The highest BCUT2D eigenvalue weighted by Crippen LogP contribution is 3.23. The van der Waals surface area contributed by atoms with Crippen LogP contribution in [0, 0.1) is 199 Å². The average Bonchev–Trinajstić information content (AvgIpc) is 3.60. The molecule has 0 aromatic heterocycles. The number of rotatable bonds is 0. The first-order valence-corrected chi connectivity index (χ1v) is 17.9. The van der Waals surface area contributed by atoms with Gasteiger partial charge < -0.3 is 0 Å². The third-order valence-electron chi connectivity index (χ3n) is 24.6. The van der Waals surface area contributed by atoms with Crippen molar-refractivity contribution in [1.82, 2.24) is 0 Å². The zero-order valence-electron chi connectivity index (χ0n) is 20.7. The van der Waals surface area contributed by atoms with Gasteiger partial charge in [-0.3, -0.25) is 0 Å². The Morgan fingerprint density at radius 1 is 0.278 bits per heavy atom. The van der Waals surface area contributed by atoms with Gasteiger partial charge in [-0.05, 0) is 212 Å². The SMILES string of the molecule is C1C2C1C1C2C2C1C1C2C2C1C1C2C2C13C1C4C5C6C7C(C6C5C4C213)C1C7C2C1C1C34C5CC5C3C214. The summed E-state index contributed by atoms with van der Waals surface area (Å²) in [6, 6.07) is 0. The molecule has 34 unspecified atom stereocenters. The van der Waals surface area contributed by atoms with Crippen LogP contribution in [0.4, 0.5) is 0 Å². The summed E-state index contributed by atoms with van der Waals surface area (Å²) in [6.07, 6.45) is 3.41. The van der Waals surface area contributed by atoms with E-state index in [9.17, 15) is 0 Å². The minimum absolute atomic E-state index is 1.09. The molecular weight excluding hydrogens is 432 g/mol. The lowest BCUT2D eigenvalue weighted by Crippen LogP contribution is -2.90. The Hall–Kier alpha value is 0. The summed E-state index contributed by atoms with van der Waals surface area (Å²) in [5.74, 6) is 40.2. The van der Waals surface area contributed by atoms with E-state index in [1.165, 1.54) is 178 Å². The first-order chi connectivity index (χ1) is 17.9. The van der Waals surface area contributed by atoms with Crippen LogP contribution in [0.15, 0.2) is 0 Å². The normalized spacial score (nSPS) is 113. The topological polar surface area (TPSA) is 0 Å². The number of hydrogen-bond donors (Lipinski definition) is 0. The van der Waals surface area contributed by atoms with Crippen molar-refractivity contribution in [3.05, 3.63) is 0 Å². The summed E-state index contributed by atoms with van der Waals surface area (Å²) in [5, 5.41) is 0. The Labute approximate surface area is 211 Å². The van der Waals surface area contributed by atoms with Gasteiger partial charge in [0.05, 0.1) is 0 Å². The van der Waals surface area contributed by atoms with E-state index in [1.54, 1.807) is 12.8 Å². The molecular formula is C36H34. The van der Waals surface area contributed by atoms with Gasteiger partial charge in [0.2, 0.25) is 0 Å². The first kappa shape index (κ1) is 14.6.